The van der Waals surface area contributed by atoms with Crippen LogP contribution in [-0.2, 0) is 14.3 Å². The van der Waals surface area contributed by atoms with E-state index in [1.54, 1.807) is 0 Å². The molecule has 0 spiro atoms. The molecular weight excluding hydrogens is 246 g/mol. The molecule has 0 atom stereocenters. The van der Waals surface area contributed by atoms with E-state index in [4.69, 9.17) is 11.5 Å². The fourth-order valence-electron chi connectivity index (χ4n) is 1.01. The van der Waals surface area contributed by atoms with Gasteiger partial charge in [0.05, 0.1) is 17.5 Å². The van der Waals surface area contributed by atoms with Crippen molar-refractivity contribution in [3.8, 4) is 0 Å². The molecule has 0 fully saturated rings. The molecule has 1 rings (SSSR count). The Bertz CT molecular complexity index is 544. The Balaban J connectivity index is 2.88. The van der Waals surface area contributed by atoms with Crippen LogP contribution in [0.5, 0.6) is 0 Å². The molecule has 0 unspecified atom stereocenters. The van der Waals surface area contributed by atoms with Crippen LogP contribution in [0.3, 0.4) is 0 Å². The summed E-state index contributed by atoms with van der Waals surface area (Å²) in [6.07, 6.45) is 0.790. The molecule has 0 aromatic heterocycles. The highest BCUT2D eigenvalue weighted by Gasteiger charge is 2.13. The molecule has 7 nitrogen and oxygen atoms in total. The third-order valence-electron chi connectivity index (χ3n) is 1.59. The summed E-state index contributed by atoms with van der Waals surface area (Å²) in [7, 11) is -3.82. The second kappa shape index (κ2) is 4.83. The highest BCUT2D eigenvalue weighted by molar-refractivity contribution is 7.86. The molecule has 1 aromatic rings. The van der Waals surface area contributed by atoms with E-state index >= 15 is 0 Å². The average Bonchev–Trinajstić information content (AvgIpc) is 2.15. The summed E-state index contributed by atoms with van der Waals surface area (Å²) in [5, 5.41) is 0. The molecule has 92 valence electrons. The standard InChI is InChI=1S/C9H11N3O4S/c1-17(14,15)16-8(13)6-2-4-7(5-3-6)12-9(10)11/h2-5H,1H3,(H4,10,11,12). The Kier molecular flexibility index (Phi) is 3.69. The second-order valence-corrected chi connectivity index (χ2v) is 4.73. The van der Waals surface area contributed by atoms with Gasteiger partial charge in [-0.1, -0.05) is 0 Å². The normalized spacial score (nSPS) is 10.6. The van der Waals surface area contributed by atoms with Gasteiger partial charge in [-0.3, -0.25) is 0 Å². The lowest BCUT2D eigenvalue weighted by Gasteiger charge is -2.01. The lowest BCUT2D eigenvalue weighted by atomic mass is 10.2. The van der Waals surface area contributed by atoms with Crippen molar-refractivity contribution < 1.29 is 17.4 Å². The second-order valence-electron chi connectivity index (χ2n) is 3.16. The van der Waals surface area contributed by atoms with Crippen molar-refractivity contribution in [1.82, 2.24) is 0 Å². The molecule has 0 saturated heterocycles. The minimum atomic E-state index is -3.82. The topological polar surface area (TPSA) is 125 Å². The van der Waals surface area contributed by atoms with Gasteiger partial charge in [0.2, 0.25) is 0 Å². The lowest BCUT2D eigenvalue weighted by Crippen LogP contribution is -2.21. The lowest BCUT2D eigenvalue weighted by molar-refractivity contribution is 0.0748. The Labute approximate surface area is 98.2 Å². The summed E-state index contributed by atoms with van der Waals surface area (Å²) in [5.41, 5.74) is 10.9. The maximum Gasteiger partial charge on any atom is 0.353 e. The predicted octanol–water partition coefficient (Wildman–Crippen LogP) is -0.292. The minimum Gasteiger partial charge on any atom is -0.370 e. The van der Waals surface area contributed by atoms with E-state index in [9.17, 15) is 13.2 Å². The average molecular weight is 257 g/mol. The largest absolute Gasteiger partial charge is 0.370 e. The van der Waals surface area contributed by atoms with Gasteiger partial charge in [0.1, 0.15) is 0 Å². The molecule has 0 aliphatic rings. The summed E-state index contributed by atoms with van der Waals surface area (Å²) in [4.78, 5) is 15.0. The van der Waals surface area contributed by atoms with Crippen LogP contribution in [0.15, 0.2) is 29.3 Å². The zero-order valence-corrected chi connectivity index (χ0v) is 9.77. The van der Waals surface area contributed by atoms with E-state index in [1.165, 1.54) is 24.3 Å². The molecule has 17 heavy (non-hydrogen) atoms. The van der Waals surface area contributed by atoms with Gasteiger partial charge < -0.3 is 15.7 Å². The molecule has 0 saturated carbocycles. The zero-order chi connectivity index (χ0) is 13.1. The number of benzene rings is 1. The third kappa shape index (κ3) is 4.51. The van der Waals surface area contributed by atoms with E-state index in [-0.39, 0.29) is 11.5 Å². The summed E-state index contributed by atoms with van der Waals surface area (Å²) in [5.74, 6) is -1.07. The molecule has 8 heteroatoms. The molecule has 0 aliphatic heterocycles. The van der Waals surface area contributed by atoms with E-state index in [0.717, 1.165) is 6.26 Å². The van der Waals surface area contributed by atoms with Crippen LogP contribution in [0, 0.1) is 0 Å². The summed E-state index contributed by atoms with van der Waals surface area (Å²) < 4.78 is 25.7. The van der Waals surface area contributed by atoms with Crippen molar-refractivity contribution in [3.05, 3.63) is 29.8 Å². The van der Waals surface area contributed by atoms with Gasteiger partial charge in [0.25, 0.3) is 0 Å². The smallest absolute Gasteiger partial charge is 0.353 e. The molecule has 0 bridgehead atoms. The third-order valence-corrected chi connectivity index (χ3v) is 2.04. The van der Waals surface area contributed by atoms with Crippen molar-refractivity contribution in [2.24, 2.45) is 16.5 Å². The van der Waals surface area contributed by atoms with Crippen LogP contribution in [0.4, 0.5) is 5.69 Å². The first-order valence-corrected chi connectivity index (χ1v) is 6.23. The highest BCUT2D eigenvalue weighted by Crippen LogP contribution is 2.13. The summed E-state index contributed by atoms with van der Waals surface area (Å²) in [6, 6.07) is 5.63. The highest BCUT2D eigenvalue weighted by atomic mass is 32.2. The molecule has 1 aromatic carbocycles. The number of aliphatic imine (C=N–C) groups is 1. The van der Waals surface area contributed by atoms with Crippen molar-refractivity contribution in [2.45, 2.75) is 0 Å². The Morgan fingerprint density at radius 3 is 2.18 bits per heavy atom. The number of carbonyl (C=O) groups is 1. The van der Waals surface area contributed by atoms with Crippen LogP contribution in [0.1, 0.15) is 10.4 Å². The molecule has 0 aliphatic carbocycles. The van der Waals surface area contributed by atoms with Crippen LogP contribution in [-0.4, -0.2) is 26.6 Å². The summed E-state index contributed by atoms with van der Waals surface area (Å²) in [6.45, 7) is 0. The van der Waals surface area contributed by atoms with E-state index in [1.807, 2.05) is 0 Å². The Morgan fingerprint density at radius 1 is 1.24 bits per heavy atom. The number of nitrogens with two attached hydrogens (primary N) is 2. The SMILES string of the molecule is CS(=O)(=O)OC(=O)c1ccc(N=C(N)N)cc1. The first-order valence-electron chi connectivity index (χ1n) is 4.41. The van der Waals surface area contributed by atoms with Crippen LogP contribution in [0.2, 0.25) is 0 Å². The first kappa shape index (κ1) is 13.0. The maximum atomic E-state index is 11.3. The zero-order valence-electron chi connectivity index (χ0n) is 8.95. The number of nitrogens with zero attached hydrogens (tertiary/aromatic N) is 1. The van der Waals surface area contributed by atoms with Gasteiger partial charge in [-0.2, -0.15) is 8.42 Å². The van der Waals surface area contributed by atoms with E-state index in [2.05, 4.69) is 9.18 Å². The number of guanidine groups is 1. The minimum absolute atomic E-state index is 0.0879. The van der Waals surface area contributed by atoms with Gasteiger partial charge >= 0.3 is 16.1 Å². The monoisotopic (exact) mass is 257 g/mol. The number of rotatable bonds is 3. The van der Waals surface area contributed by atoms with Crippen molar-refractivity contribution in [2.75, 3.05) is 6.26 Å². The van der Waals surface area contributed by atoms with Gasteiger partial charge in [0, 0.05) is 0 Å². The summed E-state index contributed by atoms with van der Waals surface area (Å²) >= 11 is 0. The Hall–Kier alpha value is -2.09. The van der Waals surface area contributed by atoms with E-state index in [0.29, 0.717) is 5.69 Å². The predicted molar refractivity (Wildman–Crippen MR) is 62.2 cm³/mol. The van der Waals surface area contributed by atoms with Crippen LogP contribution >= 0.6 is 0 Å². The van der Waals surface area contributed by atoms with Gasteiger partial charge in [0.15, 0.2) is 5.96 Å². The van der Waals surface area contributed by atoms with Crippen LogP contribution in [0.25, 0.3) is 0 Å². The fourth-order valence-corrected chi connectivity index (χ4v) is 1.38. The van der Waals surface area contributed by atoms with Crippen molar-refractivity contribution >= 4 is 27.7 Å². The van der Waals surface area contributed by atoms with Gasteiger partial charge in [-0.15, -0.1) is 0 Å². The molecule has 0 radical (unpaired) electrons. The van der Waals surface area contributed by atoms with Gasteiger partial charge in [-0.25, -0.2) is 9.79 Å². The molecule has 4 N–H and O–H groups in total. The maximum absolute atomic E-state index is 11.3. The van der Waals surface area contributed by atoms with Gasteiger partial charge in [-0.05, 0) is 24.3 Å². The quantitative estimate of drug-likeness (QED) is 0.435. The fraction of sp³-hybridized carbons (Fsp3) is 0.111. The Morgan fingerprint density at radius 2 is 1.76 bits per heavy atom. The molecule has 0 amide bonds. The van der Waals surface area contributed by atoms with E-state index < -0.39 is 16.1 Å². The number of carbonyl (C=O) groups excluding carboxylic acids is 1. The van der Waals surface area contributed by atoms with Crippen molar-refractivity contribution in [3.63, 3.8) is 0 Å². The number of hydrogen-bond acceptors (Lipinski definition) is 5. The molecule has 0 heterocycles. The van der Waals surface area contributed by atoms with Crippen LogP contribution < -0.4 is 11.5 Å². The first-order chi connectivity index (χ1) is 7.78. The van der Waals surface area contributed by atoms with Crippen molar-refractivity contribution in [1.29, 1.82) is 0 Å². The number of hydrogen-bond donors (Lipinski definition) is 2. The molecular formula is C9H11N3O4S.